The molecule has 0 saturated heterocycles. The number of carbonyl (C=O) groups excluding carboxylic acids is 1. The monoisotopic (exact) mass is 272 g/mol. The molecule has 0 unspecified atom stereocenters. The maximum absolute atomic E-state index is 10.9. The summed E-state index contributed by atoms with van der Waals surface area (Å²) in [4.78, 5) is 21.8. The van der Waals surface area contributed by atoms with Crippen LogP contribution < -0.4 is 11.1 Å². The molecule has 2 rings (SSSR count). The molecule has 0 fully saturated rings. The number of primary amides is 1. The third-order valence-corrected chi connectivity index (χ3v) is 2.65. The Hall–Kier alpha value is -2.96. The first-order valence-corrected chi connectivity index (χ1v) is 5.72. The molecule has 0 bridgehead atoms. The topological polar surface area (TPSA) is 118 Å². The van der Waals surface area contributed by atoms with Crippen molar-refractivity contribution in [3.05, 3.63) is 47.2 Å². The van der Waals surface area contributed by atoms with E-state index in [9.17, 15) is 9.59 Å². The molecule has 1 aromatic heterocycles. The Morgan fingerprint density at radius 3 is 2.45 bits per heavy atom. The Morgan fingerprint density at radius 2 is 1.95 bits per heavy atom. The van der Waals surface area contributed by atoms with Crippen LogP contribution in [0.1, 0.15) is 26.4 Å². The lowest BCUT2D eigenvalue weighted by atomic mass is 10.1. The van der Waals surface area contributed by atoms with Gasteiger partial charge in [0.15, 0.2) is 11.5 Å². The van der Waals surface area contributed by atoms with E-state index in [0.717, 1.165) is 0 Å². The highest BCUT2D eigenvalue weighted by atomic mass is 16.4. The number of aromatic nitrogens is 2. The van der Waals surface area contributed by atoms with E-state index in [4.69, 9.17) is 10.8 Å². The molecular formula is C13H12N4O3. The van der Waals surface area contributed by atoms with Gasteiger partial charge in [0.25, 0.3) is 5.91 Å². The molecule has 2 aromatic rings. The van der Waals surface area contributed by atoms with Gasteiger partial charge in [-0.1, -0.05) is 0 Å². The summed E-state index contributed by atoms with van der Waals surface area (Å²) in [6.07, 6.45) is 0. The number of rotatable bonds is 4. The Kier molecular flexibility index (Phi) is 3.60. The minimum atomic E-state index is -0.973. The number of hydrogen-bond donors (Lipinski definition) is 3. The number of carboxylic acid groups (broad SMARTS) is 1. The molecule has 102 valence electrons. The van der Waals surface area contributed by atoms with Crippen LogP contribution in [0.2, 0.25) is 0 Å². The quantitative estimate of drug-likeness (QED) is 0.772. The third kappa shape index (κ3) is 2.89. The number of aromatic carboxylic acids is 1. The summed E-state index contributed by atoms with van der Waals surface area (Å²) in [6, 6.07) is 7.84. The van der Waals surface area contributed by atoms with Crippen molar-refractivity contribution in [3.63, 3.8) is 0 Å². The lowest BCUT2D eigenvalue weighted by Gasteiger charge is -2.07. The van der Waals surface area contributed by atoms with Crippen LogP contribution >= 0.6 is 0 Å². The van der Waals surface area contributed by atoms with Crippen molar-refractivity contribution in [3.8, 4) is 0 Å². The molecule has 0 saturated carbocycles. The van der Waals surface area contributed by atoms with Crippen molar-refractivity contribution in [2.24, 2.45) is 5.73 Å². The van der Waals surface area contributed by atoms with E-state index in [1.165, 1.54) is 12.1 Å². The smallest absolute Gasteiger partial charge is 0.335 e. The Morgan fingerprint density at radius 1 is 1.20 bits per heavy atom. The largest absolute Gasteiger partial charge is 0.478 e. The first-order chi connectivity index (χ1) is 9.47. The fourth-order valence-corrected chi connectivity index (χ4v) is 1.66. The summed E-state index contributed by atoms with van der Waals surface area (Å²) in [7, 11) is 0. The SMILES string of the molecule is Cc1cc(Nc2ccc(C(N)=O)nn2)ccc1C(=O)O. The van der Waals surface area contributed by atoms with Gasteiger partial charge < -0.3 is 16.2 Å². The molecule has 0 aliphatic rings. The van der Waals surface area contributed by atoms with Gasteiger partial charge in [-0.2, -0.15) is 0 Å². The van der Waals surface area contributed by atoms with Gasteiger partial charge in [0.2, 0.25) is 0 Å². The number of carboxylic acids is 1. The number of hydrogen-bond acceptors (Lipinski definition) is 5. The van der Waals surface area contributed by atoms with E-state index in [-0.39, 0.29) is 11.3 Å². The Labute approximate surface area is 114 Å². The first-order valence-electron chi connectivity index (χ1n) is 5.72. The number of nitrogens with zero attached hydrogens (tertiary/aromatic N) is 2. The molecule has 4 N–H and O–H groups in total. The highest BCUT2D eigenvalue weighted by Crippen LogP contribution is 2.18. The number of carbonyl (C=O) groups is 2. The maximum Gasteiger partial charge on any atom is 0.335 e. The predicted octanol–water partition coefficient (Wildman–Crippen LogP) is 1.33. The van der Waals surface area contributed by atoms with Gasteiger partial charge in [0.05, 0.1) is 5.56 Å². The summed E-state index contributed by atoms with van der Waals surface area (Å²) in [5.41, 5.74) is 6.69. The van der Waals surface area contributed by atoms with Crippen LogP contribution in [0, 0.1) is 6.92 Å². The first kappa shape index (κ1) is 13.5. The summed E-state index contributed by atoms with van der Waals surface area (Å²) in [5, 5.41) is 19.4. The number of amides is 1. The lowest BCUT2D eigenvalue weighted by molar-refractivity contribution is 0.0696. The third-order valence-electron chi connectivity index (χ3n) is 2.65. The van der Waals surface area contributed by atoms with Crippen molar-refractivity contribution in [2.45, 2.75) is 6.92 Å². The average molecular weight is 272 g/mol. The zero-order chi connectivity index (χ0) is 14.7. The van der Waals surface area contributed by atoms with Crippen LogP contribution in [0.3, 0.4) is 0 Å². The van der Waals surface area contributed by atoms with Crippen LogP contribution in [0.4, 0.5) is 11.5 Å². The highest BCUT2D eigenvalue weighted by molar-refractivity contribution is 5.91. The number of nitrogens with one attached hydrogen (secondary N) is 1. The second kappa shape index (κ2) is 5.35. The van der Waals surface area contributed by atoms with Crippen molar-refractivity contribution in [1.82, 2.24) is 10.2 Å². The number of nitrogens with two attached hydrogens (primary N) is 1. The van der Waals surface area contributed by atoms with E-state index in [0.29, 0.717) is 17.1 Å². The molecule has 0 radical (unpaired) electrons. The van der Waals surface area contributed by atoms with E-state index < -0.39 is 11.9 Å². The van der Waals surface area contributed by atoms with Gasteiger partial charge in [-0.15, -0.1) is 10.2 Å². The molecule has 0 spiro atoms. The summed E-state index contributed by atoms with van der Waals surface area (Å²) in [5.74, 6) is -1.19. The van der Waals surface area contributed by atoms with E-state index in [1.807, 2.05) is 0 Å². The molecule has 0 aliphatic heterocycles. The molecule has 0 atom stereocenters. The molecule has 1 heterocycles. The van der Waals surface area contributed by atoms with Crippen molar-refractivity contribution >= 4 is 23.4 Å². The van der Waals surface area contributed by atoms with Gasteiger partial charge in [0, 0.05) is 5.69 Å². The minimum Gasteiger partial charge on any atom is -0.478 e. The van der Waals surface area contributed by atoms with Crippen molar-refractivity contribution in [1.29, 1.82) is 0 Å². The fourth-order valence-electron chi connectivity index (χ4n) is 1.66. The van der Waals surface area contributed by atoms with Gasteiger partial charge in [-0.25, -0.2) is 4.79 Å². The van der Waals surface area contributed by atoms with Crippen LogP contribution in [0.5, 0.6) is 0 Å². The lowest BCUT2D eigenvalue weighted by Crippen LogP contribution is -2.13. The van der Waals surface area contributed by atoms with Crippen LogP contribution in [0.15, 0.2) is 30.3 Å². The van der Waals surface area contributed by atoms with Gasteiger partial charge in [-0.05, 0) is 42.8 Å². The normalized spacial score (nSPS) is 10.1. The molecule has 7 nitrogen and oxygen atoms in total. The van der Waals surface area contributed by atoms with Gasteiger partial charge in [-0.3, -0.25) is 4.79 Å². The average Bonchev–Trinajstić information content (AvgIpc) is 2.39. The van der Waals surface area contributed by atoms with Crippen LogP contribution in [0.25, 0.3) is 0 Å². The summed E-state index contributed by atoms with van der Waals surface area (Å²) in [6.45, 7) is 1.70. The number of aryl methyl sites for hydroxylation is 1. The van der Waals surface area contributed by atoms with Crippen LogP contribution in [-0.2, 0) is 0 Å². The zero-order valence-corrected chi connectivity index (χ0v) is 10.6. The predicted molar refractivity (Wildman–Crippen MR) is 72.0 cm³/mol. The Bertz CT molecular complexity index is 668. The van der Waals surface area contributed by atoms with Crippen molar-refractivity contribution < 1.29 is 14.7 Å². The number of benzene rings is 1. The second-order valence-electron chi connectivity index (χ2n) is 4.13. The molecule has 20 heavy (non-hydrogen) atoms. The number of anilines is 2. The standard InChI is InChI=1S/C13H12N4O3/c1-7-6-8(2-3-9(7)13(19)20)15-11-5-4-10(12(14)18)16-17-11/h2-6H,1H3,(H2,14,18)(H,15,17)(H,19,20). The molecular weight excluding hydrogens is 260 g/mol. The maximum atomic E-state index is 10.9. The van der Waals surface area contributed by atoms with Crippen LogP contribution in [-0.4, -0.2) is 27.2 Å². The molecule has 1 aromatic carbocycles. The van der Waals surface area contributed by atoms with E-state index in [1.54, 1.807) is 25.1 Å². The van der Waals surface area contributed by atoms with E-state index >= 15 is 0 Å². The zero-order valence-electron chi connectivity index (χ0n) is 10.6. The van der Waals surface area contributed by atoms with Gasteiger partial charge >= 0.3 is 5.97 Å². The molecule has 0 aliphatic carbocycles. The second-order valence-corrected chi connectivity index (χ2v) is 4.13. The molecule has 7 heteroatoms. The summed E-state index contributed by atoms with van der Waals surface area (Å²) < 4.78 is 0. The molecule has 1 amide bonds. The summed E-state index contributed by atoms with van der Waals surface area (Å²) >= 11 is 0. The fraction of sp³-hybridized carbons (Fsp3) is 0.0769. The highest BCUT2D eigenvalue weighted by Gasteiger charge is 2.08. The van der Waals surface area contributed by atoms with Gasteiger partial charge in [0.1, 0.15) is 0 Å². The van der Waals surface area contributed by atoms with E-state index in [2.05, 4.69) is 15.5 Å². The van der Waals surface area contributed by atoms with Crippen molar-refractivity contribution in [2.75, 3.05) is 5.32 Å². The minimum absolute atomic E-state index is 0.0768. The Balaban J connectivity index is 2.19.